The van der Waals surface area contributed by atoms with Gasteiger partial charge in [0.25, 0.3) is 0 Å². The number of benzene rings is 1. The molecule has 23 heavy (non-hydrogen) atoms. The molecule has 0 aliphatic carbocycles. The Kier molecular flexibility index (Phi) is 4.33. The van der Waals surface area contributed by atoms with Gasteiger partial charge in [0.15, 0.2) is 11.5 Å². The second-order valence-corrected chi connectivity index (χ2v) is 6.79. The molecule has 1 saturated heterocycles. The molecule has 3 rings (SSSR count). The third kappa shape index (κ3) is 3.50. The molecule has 0 saturated carbocycles. The van der Waals surface area contributed by atoms with Crippen LogP contribution in [-0.2, 0) is 6.54 Å². The van der Waals surface area contributed by atoms with Crippen LogP contribution in [0.5, 0.6) is 17.2 Å². The van der Waals surface area contributed by atoms with Gasteiger partial charge in [-0.1, -0.05) is 13.8 Å². The van der Waals surface area contributed by atoms with Gasteiger partial charge in [0, 0.05) is 37.3 Å². The van der Waals surface area contributed by atoms with Crippen LogP contribution in [0.2, 0.25) is 0 Å². The number of ether oxygens (including phenoxy) is 3. The zero-order chi connectivity index (χ0) is 16.6. The Morgan fingerprint density at radius 1 is 1.35 bits per heavy atom. The minimum Gasteiger partial charge on any atom is -0.454 e. The number of likely N-dealkylation sites (tertiary alicyclic amines) is 1. The van der Waals surface area contributed by atoms with Crippen LogP contribution in [0.3, 0.4) is 0 Å². The lowest BCUT2D eigenvalue weighted by Crippen LogP contribution is -2.52. The Labute approximate surface area is 134 Å². The fourth-order valence-corrected chi connectivity index (χ4v) is 3.16. The highest BCUT2D eigenvalue weighted by atomic mass is 19.3. The molecule has 128 valence electrons. The van der Waals surface area contributed by atoms with Crippen LogP contribution in [-0.4, -0.2) is 37.4 Å². The SMILES string of the molecule is CC1(C)CN(Cc2cc3c(cc2OC(F)F)OCO3)CCC1N. The Balaban J connectivity index is 1.81. The van der Waals surface area contributed by atoms with E-state index in [9.17, 15) is 8.78 Å². The molecule has 0 aromatic heterocycles. The first-order chi connectivity index (χ1) is 10.8. The molecule has 0 spiro atoms. The van der Waals surface area contributed by atoms with Gasteiger partial charge < -0.3 is 19.9 Å². The molecule has 2 N–H and O–H groups in total. The number of halogens is 2. The maximum atomic E-state index is 12.7. The molecule has 2 heterocycles. The van der Waals surface area contributed by atoms with Gasteiger partial charge in [-0.25, -0.2) is 0 Å². The van der Waals surface area contributed by atoms with E-state index in [2.05, 4.69) is 23.5 Å². The standard InChI is InChI=1S/C16H22F2N2O3/c1-16(2)8-20(4-3-14(16)19)7-10-5-12-13(22-9-21-12)6-11(10)23-15(17)18/h5-6,14-15H,3-4,7-9,19H2,1-2H3. The summed E-state index contributed by atoms with van der Waals surface area (Å²) in [6.07, 6.45) is 0.878. The van der Waals surface area contributed by atoms with Gasteiger partial charge in [-0.15, -0.1) is 0 Å². The van der Waals surface area contributed by atoms with Crippen molar-refractivity contribution in [2.24, 2.45) is 11.1 Å². The van der Waals surface area contributed by atoms with Crippen molar-refractivity contribution in [1.82, 2.24) is 4.90 Å². The summed E-state index contributed by atoms with van der Waals surface area (Å²) >= 11 is 0. The first-order valence-corrected chi connectivity index (χ1v) is 7.70. The Morgan fingerprint density at radius 3 is 2.70 bits per heavy atom. The summed E-state index contributed by atoms with van der Waals surface area (Å²) < 4.78 is 40.6. The molecule has 1 aromatic rings. The van der Waals surface area contributed by atoms with Crippen molar-refractivity contribution in [3.05, 3.63) is 17.7 Å². The summed E-state index contributed by atoms with van der Waals surface area (Å²) in [5, 5.41) is 0. The van der Waals surface area contributed by atoms with Crippen LogP contribution >= 0.6 is 0 Å². The monoisotopic (exact) mass is 328 g/mol. The third-order valence-electron chi connectivity index (χ3n) is 4.56. The van der Waals surface area contributed by atoms with Gasteiger partial charge in [-0.2, -0.15) is 8.78 Å². The fraction of sp³-hybridized carbons (Fsp3) is 0.625. The Bertz CT molecular complexity index is 581. The van der Waals surface area contributed by atoms with Crippen molar-refractivity contribution < 1.29 is 23.0 Å². The largest absolute Gasteiger partial charge is 0.454 e. The second kappa shape index (κ2) is 6.13. The van der Waals surface area contributed by atoms with Crippen molar-refractivity contribution in [1.29, 1.82) is 0 Å². The average Bonchev–Trinajstić information content (AvgIpc) is 2.89. The number of nitrogens with zero attached hydrogens (tertiary/aromatic N) is 1. The highest BCUT2D eigenvalue weighted by molar-refractivity contribution is 5.51. The van der Waals surface area contributed by atoms with Crippen molar-refractivity contribution in [3.8, 4) is 17.2 Å². The number of rotatable bonds is 4. The van der Waals surface area contributed by atoms with E-state index in [4.69, 9.17) is 15.2 Å². The predicted molar refractivity (Wildman–Crippen MR) is 80.8 cm³/mol. The van der Waals surface area contributed by atoms with E-state index in [1.54, 1.807) is 6.07 Å². The van der Waals surface area contributed by atoms with Crippen molar-refractivity contribution in [2.45, 2.75) is 39.5 Å². The van der Waals surface area contributed by atoms with Gasteiger partial charge in [-0.05, 0) is 17.9 Å². The van der Waals surface area contributed by atoms with Crippen molar-refractivity contribution >= 4 is 0 Å². The van der Waals surface area contributed by atoms with Gasteiger partial charge in [0.05, 0.1) is 0 Å². The summed E-state index contributed by atoms with van der Waals surface area (Å²) in [6.45, 7) is 3.61. The zero-order valence-corrected chi connectivity index (χ0v) is 13.4. The van der Waals surface area contributed by atoms with E-state index in [-0.39, 0.29) is 24.0 Å². The van der Waals surface area contributed by atoms with E-state index < -0.39 is 6.61 Å². The Hall–Kier alpha value is -1.60. The maximum absolute atomic E-state index is 12.7. The predicted octanol–water partition coefficient (Wildman–Crippen LogP) is 2.58. The van der Waals surface area contributed by atoms with Gasteiger partial charge in [-0.3, -0.25) is 4.90 Å². The van der Waals surface area contributed by atoms with Gasteiger partial charge >= 0.3 is 6.61 Å². The van der Waals surface area contributed by atoms with E-state index in [1.807, 2.05) is 0 Å². The average molecular weight is 328 g/mol. The topological polar surface area (TPSA) is 57.0 Å². The Morgan fingerprint density at radius 2 is 2.04 bits per heavy atom. The van der Waals surface area contributed by atoms with Gasteiger partial charge in [0.2, 0.25) is 6.79 Å². The first-order valence-electron chi connectivity index (χ1n) is 7.70. The molecule has 1 aromatic carbocycles. The number of fused-ring (bicyclic) bond motifs is 1. The zero-order valence-electron chi connectivity index (χ0n) is 13.4. The molecule has 2 aliphatic rings. The van der Waals surface area contributed by atoms with Crippen LogP contribution in [0.15, 0.2) is 12.1 Å². The summed E-state index contributed by atoms with van der Waals surface area (Å²) in [7, 11) is 0. The highest BCUT2D eigenvalue weighted by Crippen LogP contribution is 2.40. The van der Waals surface area contributed by atoms with E-state index >= 15 is 0 Å². The summed E-state index contributed by atoms with van der Waals surface area (Å²) in [5.74, 6) is 1.14. The molecule has 0 bridgehead atoms. The normalized spacial score (nSPS) is 23.3. The van der Waals surface area contributed by atoms with E-state index in [0.717, 1.165) is 19.5 Å². The molecule has 0 radical (unpaired) electrons. The van der Waals surface area contributed by atoms with Gasteiger partial charge in [0.1, 0.15) is 5.75 Å². The second-order valence-electron chi connectivity index (χ2n) is 6.79. The van der Waals surface area contributed by atoms with Crippen LogP contribution < -0.4 is 19.9 Å². The van der Waals surface area contributed by atoms with Crippen LogP contribution in [0.25, 0.3) is 0 Å². The van der Waals surface area contributed by atoms with Crippen LogP contribution in [0, 0.1) is 5.41 Å². The lowest BCUT2D eigenvalue weighted by molar-refractivity contribution is -0.0510. The molecule has 2 aliphatic heterocycles. The molecule has 0 amide bonds. The van der Waals surface area contributed by atoms with E-state index in [0.29, 0.717) is 23.6 Å². The van der Waals surface area contributed by atoms with E-state index in [1.165, 1.54) is 6.07 Å². The molecule has 1 atom stereocenters. The summed E-state index contributed by atoms with van der Waals surface area (Å²) in [5.41, 5.74) is 6.80. The molecule has 7 heteroatoms. The molecule has 1 unspecified atom stereocenters. The smallest absolute Gasteiger partial charge is 0.387 e. The number of hydrogen-bond acceptors (Lipinski definition) is 5. The van der Waals surface area contributed by atoms with Crippen LogP contribution in [0.1, 0.15) is 25.8 Å². The minimum atomic E-state index is -2.87. The van der Waals surface area contributed by atoms with Crippen molar-refractivity contribution in [2.75, 3.05) is 19.9 Å². The highest BCUT2D eigenvalue weighted by Gasteiger charge is 2.34. The fourth-order valence-electron chi connectivity index (χ4n) is 3.16. The van der Waals surface area contributed by atoms with Crippen molar-refractivity contribution in [3.63, 3.8) is 0 Å². The number of piperidine rings is 1. The number of hydrogen-bond donors (Lipinski definition) is 1. The molecule has 1 fully saturated rings. The molecule has 5 nitrogen and oxygen atoms in total. The lowest BCUT2D eigenvalue weighted by Gasteiger charge is -2.42. The lowest BCUT2D eigenvalue weighted by atomic mass is 9.79. The first kappa shape index (κ1) is 16.3. The molecular weight excluding hydrogens is 306 g/mol. The third-order valence-corrected chi connectivity index (χ3v) is 4.56. The summed E-state index contributed by atoms with van der Waals surface area (Å²) in [4.78, 5) is 2.21. The van der Waals surface area contributed by atoms with Crippen LogP contribution in [0.4, 0.5) is 8.78 Å². The maximum Gasteiger partial charge on any atom is 0.387 e. The summed E-state index contributed by atoms with van der Waals surface area (Å²) in [6, 6.07) is 3.35. The number of nitrogens with two attached hydrogens (primary N) is 1. The minimum absolute atomic E-state index is 0.0156. The number of alkyl halides is 2. The molecular formula is C16H22F2N2O3. The quantitative estimate of drug-likeness (QED) is 0.921.